The van der Waals surface area contributed by atoms with Crippen molar-refractivity contribution in [1.29, 1.82) is 0 Å². The summed E-state index contributed by atoms with van der Waals surface area (Å²) in [5.74, 6) is 0.667. The summed E-state index contributed by atoms with van der Waals surface area (Å²) < 4.78 is 0. The Morgan fingerprint density at radius 2 is 2.17 bits per heavy atom. The number of aryl methyl sites for hydroxylation is 1. The molecule has 1 N–H and O–H groups in total. The van der Waals surface area contributed by atoms with Crippen LogP contribution in [-0.2, 0) is 6.54 Å². The lowest BCUT2D eigenvalue weighted by Crippen LogP contribution is -2.33. The molecule has 3 rings (SSSR count). The third-order valence-electron chi connectivity index (χ3n) is 4.21. The molecule has 1 aliphatic rings. The van der Waals surface area contributed by atoms with Gasteiger partial charge in [-0.05, 0) is 44.4 Å². The molecule has 0 aliphatic carbocycles. The zero-order chi connectivity index (χ0) is 16.2. The van der Waals surface area contributed by atoms with Gasteiger partial charge in [-0.15, -0.1) is 11.3 Å². The lowest BCUT2D eigenvalue weighted by molar-refractivity contribution is 0.102. The van der Waals surface area contributed by atoms with Crippen molar-refractivity contribution in [2.24, 2.45) is 5.92 Å². The number of hydrogen-bond acceptors (Lipinski definition) is 4. The molecule has 1 saturated heterocycles. The highest BCUT2D eigenvalue weighted by Gasteiger charge is 2.17. The van der Waals surface area contributed by atoms with Gasteiger partial charge in [-0.25, -0.2) is 4.98 Å². The number of likely N-dealkylation sites (tertiary alicyclic amines) is 1. The molecule has 122 valence electrons. The van der Waals surface area contributed by atoms with Crippen LogP contribution in [0.25, 0.3) is 0 Å². The number of anilines is 1. The van der Waals surface area contributed by atoms with Gasteiger partial charge in [0.15, 0.2) is 5.13 Å². The second-order valence-electron chi connectivity index (χ2n) is 6.45. The van der Waals surface area contributed by atoms with Crippen LogP contribution in [0, 0.1) is 12.8 Å². The number of piperidine rings is 1. The molecule has 0 saturated carbocycles. The summed E-state index contributed by atoms with van der Waals surface area (Å²) >= 11 is 1.50. The van der Waals surface area contributed by atoms with E-state index in [1.54, 1.807) is 0 Å². The quantitative estimate of drug-likeness (QED) is 0.924. The first-order valence-corrected chi connectivity index (χ1v) is 9.03. The maximum absolute atomic E-state index is 12.2. The summed E-state index contributed by atoms with van der Waals surface area (Å²) in [5.41, 5.74) is 2.86. The summed E-state index contributed by atoms with van der Waals surface area (Å²) in [6, 6.07) is 7.57. The normalized spacial score (nSPS) is 18.8. The average Bonchev–Trinajstić information content (AvgIpc) is 2.95. The van der Waals surface area contributed by atoms with Crippen molar-refractivity contribution in [2.45, 2.75) is 33.2 Å². The highest BCUT2D eigenvalue weighted by molar-refractivity contribution is 7.13. The van der Waals surface area contributed by atoms with Crippen LogP contribution in [-0.4, -0.2) is 28.9 Å². The van der Waals surface area contributed by atoms with E-state index in [1.165, 1.54) is 24.2 Å². The molecule has 5 heteroatoms. The summed E-state index contributed by atoms with van der Waals surface area (Å²) in [4.78, 5) is 19.2. The molecule has 2 heterocycles. The topological polar surface area (TPSA) is 45.2 Å². The van der Waals surface area contributed by atoms with Crippen molar-refractivity contribution in [3.05, 3.63) is 46.5 Å². The molecule has 1 atom stereocenters. The van der Waals surface area contributed by atoms with Crippen LogP contribution in [0.3, 0.4) is 0 Å². The number of nitrogens with zero attached hydrogens (tertiary/aromatic N) is 2. The predicted octanol–water partition coefficient (Wildman–Crippen LogP) is 3.94. The third-order valence-corrected chi connectivity index (χ3v) is 5.02. The Bertz CT molecular complexity index is 665. The van der Waals surface area contributed by atoms with E-state index in [0.717, 1.165) is 36.8 Å². The Morgan fingerprint density at radius 3 is 2.91 bits per heavy atom. The van der Waals surface area contributed by atoms with Crippen LogP contribution in [0.1, 0.15) is 41.4 Å². The predicted molar refractivity (Wildman–Crippen MR) is 94.9 cm³/mol. The van der Waals surface area contributed by atoms with E-state index in [2.05, 4.69) is 22.1 Å². The number of rotatable bonds is 4. The number of carbonyl (C=O) groups excluding carboxylic acids is 1. The van der Waals surface area contributed by atoms with Gasteiger partial charge in [0.1, 0.15) is 0 Å². The number of nitrogens with one attached hydrogen (secondary N) is 1. The summed E-state index contributed by atoms with van der Waals surface area (Å²) in [6.07, 6.45) is 2.59. The van der Waals surface area contributed by atoms with Gasteiger partial charge in [0.05, 0.1) is 5.69 Å². The Kier molecular flexibility index (Phi) is 5.08. The minimum atomic E-state index is -0.0995. The van der Waals surface area contributed by atoms with Gasteiger partial charge in [0.25, 0.3) is 5.91 Å². The van der Waals surface area contributed by atoms with Crippen LogP contribution in [0.15, 0.2) is 29.6 Å². The SMILES string of the molecule is Cc1ccc(C(=O)Nc2nc(CN3CCC[C@H](C)C3)cs2)cc1. The Balaban J connectivity index is 1.58. The fraction of sp³-hybridized carbons (Fsp3) is 0.444. The summed E-state index contributed by atoms with van der Waals surface area (Å²) in [5, 5.41) is 5.62. The maximum atomic E-state index is 12.2. The second kappa shape index (κ2) is 7.23. The van der Waals surface area contributed by atoms with Crippen LogP contribution in [0.5, 0.6) is 0 Å². The molecule has 0 unspecified atom stereocenters. The van der Waals surface area contributed by atoms with Crippen molar-refractivity contribution >= 4 is 22.4 Å². The molecule has 1 fully saturated rings. The first-order chi connectivity index (χ1) is 11.1. The lowest BCUT2D eigenvalue weighted by atomic mass is 10.0. The van der Waals surface area contributed by atoms with Crippen LogP contribution in [0.2, 0.25) is 0 Å². The van der Waals surface area contributed by atoms with Crippen molar-refractivity contribution < 1.29 is 4.79 Å². The zero-order valence-electron chi connectivity index (χ0n) is 13.7. The fourth-order valence-electron chi connectivity index (χ4n) is 2.97. The number of hydrogen-bond donors (Lipinski definition) is 1. The minimum Gasteiger partial charge on any atom is -0.298 e. The van der Waals surface area contributed by atoms with Crippen molar-refractivity contribution in [3.8, 4) is 0 Å². The first kappa shape index (κ1) is 16.1. The van der Waals surface area contributed by atoms with Crippen LogP contribution < -0.4 is 5.32 Å². The van der Waals surface area contributed by atoms with Crippen molar-refractivity contribution in [2.75, 3.05) is 18.4 Å². The van der Waals surface area contributed by atoms with E-state index in [1.807, 2.05) is 36.6 Å². The van der Waals surface area contributed by atoms with E-state index < -0.39 is 0 Å². The fourth-order valence-corrected chi connectivity index (χ4v) is 3.67. The molecule has 23 heavy (non-hydrogen) atoms. The Morgan fingerprint density at radius 1 is 1.39 bits per heavy atom. The Labute approximate surface area is 141 Å². The molecule has 1 aliphatic heterocycles. The molecular weight excluding hydrogens is 306 g/mol. The number of aromatic nitrogens is 1. The van der Waals surface area contributed by atoms with Crippen molar-refractivity contribution in [1.82, 2.24) is 9.88 Å². The molecule has 2 aromatic rings. The van der Waals surface area contributed by atoms with Crippen molar-refractivity contribution in [3.63, 3.8) is 0 Å². The molecule has 1 aromatic carbocycles. The molecular formula is C18H23N3OS. The third kappa shape index (κ3) is 4.39. The molecule has 1 aromatic heterocycles. The Hall–Kier alpha value is -1.72. The highest BCUT2D eigenvalue weighted by Crippen LogP contribution is 2.21. The van der Waals surface area contributed by atoms with E-state index in [9.17, 15) is 4.79 Å². The largest absolute Gasteiger partial charge is 0.298 e. The standard InChI is InChI=1S/C18H23N3OS/c1-13-5-7-15(8-6-13)17(22)20-18-19-16(12-23-18)11-21-9-3-4-14(2)10-21/h5-8,12,14H,3-4,9-11H2,1-2H3,(H,19,20,22)/t14-/m0/s1. The van der Waals surface area contributed by atoms with Gasteiger partial charge in [0.2, 0.25) is 0 Å². The number of amides is 1. The maximum Gasteiger partial charge on any atom is 0.257 e. The van der Waals surface area contributed by atoms with Gasteiger partial charge < -0.3 is 0 Å². The lowest BCUT2D eigenvalue weighted by Gasteiger charge is -2.30. The van der Waals surface area contributed by atoms with E-state index in [-0.39, 0.29) is 5.91 Å². The highest BCUT2D eigenvalue weighted by atomic mass is 32.1. The second-order valence-corrected chi connectivity index (χ2v) is 7.30. The molecule has 1 amide bonds. The van der Waals surface area contributed by atoms with E-state index in [0.29, 0.717) is 10.7 Å². The molecule has 0 radical (unpaired) electrons. The number of carbonyl (C=O) groups is 1. The number of benzene rings is 1. The summed E-state index contributed by atoms with van der Waals surface area (Å²) in [7, 11) is 0. The average molecular weight is 329 g/mol. The molecule has 4 nitrogen and oxygen atoms in total. The van der Waals surface area contributed by atoms with E-state index >= 15 is 0 Å². The molecule has 0 bridgehead atoms. The van der Waals surface area contributed by atoms with Gasteiger partial charge >= 0.3 is 0 Å². The minimum absolute atomic E-state index is 0.0995. The van der Waals surface area contributed by atoms with Crippen LogP contribution in [0.4, 0.5) is 5.13 Å². The first-order valence-electron chi connectivity index (χ1n) is 8.15. The van der Waals surface area contributed by atoms with Gasteiger partial charge in [-0.3, -0.25) is 15.0 Å². The molecule has 0 spiro atoms. The van der Waals surface area contributed by atoms with Gasteiger partial charge in [-0.2, -0.15) is 0 Å². The summed E-state index contributed by atoms with van der Waals surface area (Å²) in [6.45, 7) is 7.48. The van der Waals surface area contributed by atoms with E-state index in [4.69, 9.17) is 0 Å². The van der Waals surface area contributed by atoms with Gasteiger partial charge in [-0.1, -0.05) is 24.6 Å². The monoisotopic (exact) mass is 329 g/mol. The zero-order valence-corrected chi connectivity index (χ0v) is 14.5. The smallest absolute Gasteiger partial charge is 0.257 e. The van der Waals surface area contributed by atoms with Gasteiger partial charge in [0, 0.05) is 24.0 Å². The number of thiazole rings is 1. The van der Waals surface area contributed by atoms with Crippen LogP contribution >= 0.6 is 11.3 Å².